The van der Waals surface area contributed by atoms with E-state index in [0.717, 1.165) is 42.4 Å². The molecule has 0 saturated heterocycles. The lowest BCUT2D eigenvalue weighted by atomic mass is 9.65. The van der Waals surface area contributed by atoms with E-state index in [1.807, 2.05) is 6.07 Å². The summed E-state index contributed by atoms with van der Waals surface area (Å²) in [4.78, 5) is 0. The van der Waals surface area contributed by atoms with Crippen LogP contribution < -0.4 is 0 Å². The highest BCUT2D eigenvalue weighted by molar-refractivity contribution is 5.28. The maximum Gasteiger partial charge on any atom is 0.162 e. The Balaban J connectivity index is 1.27. The Kier molecular flexibility index (Phi) is 6.76. The highest BCUT2D eigenvalue weighted by Gasteiger charge is 2.34. The first-order valence-electron chi connectivity index (χ1n) is 12.2. The van der Waals surface area contributed by atoms with Gasteiger partial charge in [0.2, 0.25) is 0 Å². The molecule has 0 N–H and O–H groups in total. The quantitative estimate of drug-likeness (QED) is 0.445. The first-order valence-corrected chi connectivity index (χ1v) is 12.2. The van der Waals surface area contributed by atoms with Crippen LogP contribution in [0.1, 0.15) is 94.6 Å². The van der Waals surface area contributed by atoms with E-state index < -0.39 is 11.6 Å². The Bertz CT molecular complexity index is 705. The lowest BCUT2D eigenvalue weighted by Gasteiger charge is -2.40. The first kappa shape index (κ1) is 21.1. The van der Waals surface area contributed by atoms with E-state index in [4.69, 9.17) is 0 Å². The summed E-state index contributed by atoms with van der Waals surface area (Å²) in [6.07, 6.45) is 19.1. The second-order valence-electron chi connectivity index (χ2n) is 10.2. The summed E-state index contributed by atoms with van der Waals surface area (Å²) < 4.78 is 28.4. The zero-order valence-corrected chi connectivity index (χ0v) is 18.3. The molecule has 0 nitrogen and oxygen atoms in total. The molecular weight excluding hydrogens is 362 g/mol. The van der Waals surface area contributed by atoms with Crippen molar-refractivity contribution >= 4 is 0 Å². The Morgan fingerprint density at radius 1 is 0.724 bits per heavy atom. The second-order valence-corrected chi connectivity index (χ2v) is 10.2. The molecule has 29 heavy (non-hydrogen) atoms. The van der Waals surface area contributed by atoms with Crippen molar-refractivity contribution in [3.63, 3.8) is 0 Å². The summed E-state index contributed by atoms with van der Waals surface area (Å²) in [5.74, 6) is 3.18. The predicted octanol–water partition coefficient (Wildman–Crippen LogP) is 8.35. The maximum absolute atomic E-state index is 14.4. The summed E-state index contributed by atoms with van der Waals surface area (Å²) in [7, 11) is 0. The van der Waals surface area contributed by atoms with Crippen LogP contribution in [0.2, 0.25) is 0 Å². The van der Waals surface area contributed by atoms with E-state index in [0.29, 0.717) is 11.1 Å². The van der Waals surface area contributed by atoms with Gasteiger partial charge in [-0.2, -0.15) is 0 Å². The van der Waals surface area contributed by atoms with E-state index >= 15 is 0 Å². The third-order valence-corrected chi connectivity index (χ3v) is 8.63. The van der Waals surface area contributed by atoms with Crippen LogP contribution in [0.5, 0.6) is 0 Å². The lowest BCUT2D eigenvalue weighted by molar-refractivity contribution is 0.138. The molecule has 1 aromatic carbocycles. The number of rotatable bonds is 4. The Labute approximate surface area is 176 Å². The number of aryl methyl sites for hydroxylation is 1. The van der Waals surface area contributed by atoms with Gasteiger partial charge in [-0.05, 0) is 124 Å². The molecule has 3 aliphatic rings. The normalized spacial score (nSPS) is 35.6. The average Bonchev–Trinajstić information content (AvgIpc) is 2.78. The second kappa shape index (κ2) is 9.31. The van der Waals surface area contributed by atoms with Gasteiger partial charge in [-0.1, -0.05) is 31.2 Å². The van der Waals surface area contributed by atoms with Gasteiger partial charge >= 0.3 is 0 Å². The summed E-state index contributed by atoms with van der Waals surface area (Å²) in [6, 6.07) is 3.56. The van der Waals surface area contributed by atoms with E-state index in [9.17, 15) is 8.78 Å². The van der Waals surface area contributed by atoms with Gasteiger partial charge in [0, 0.05) is 0 Å². The van der Waals surface area contributed by atoms with Gasteiger partial charge < -0.3 is 0 Å². The number of hydrogen-bond donors (Lipinski definition) is 0. The van der Waals surface area contributed by atoms with Crippen molar-refractivity contribution in [2.75, 3.05) is 0 Å². The zero-order valence-electron chi connectivity index (χ0n) is 18.3. The minimum atomic E-state index is -0.648. The average molecular weight is 401 g/mol. The Hall–Kier alpha value is -1.18. The van der Waals surface area contributed by atoms with Crippen molar-refractivity contribution in [1.82, 2.24) is 0 Å². The monoisotopic (exact) mass is 400 g/mol. The van der Waals surface area contributed by atoms with E-state index in [1.165, 1.54) is 57.8 Å². The van der Waals surface area contributed by atoms with Crippen molar-refractivity contribution < 1.29 is 8.78 Å². The fourth-order valence-corrected chi connectivity index (χ4v) is 6.55. The molecule has 0 bridgehead atoms. The van der Waals surface area contributed by atoms with Crippen molar-refractivity contribution in [2.24, 2.45) is 29.6 Å². The van der Waals surface area contributed by atoms with Crippen LogP contribution in [0.15, 0.2) is 24.3 Å². The number of benzene rings is 1. The molecule has 0 heterocycles. The molecule has 2 unspecified atom stereocenters. The van der Waals surface area contributed by atoms with Crippen molar-refractivity contribution in [2.45, 2.75) is 90.4 Å². The summed E-state index contributed by atoms with van der Waals surface area (Å²) in [5.41, 5.74) is 1.03. The number of hydrogen-bond acceptors (Lipinski definition) is 0. The summed E-state index contributed by atoms with van der Waals surface area (Å²) in [5, 5.41) is 0. The number of allylic oxidation sites excluding steroid dienone is 2. The molecule has 2 atom stereocenters. The van der Waals surface area contributed by atoms with Crippen molar-refractivity contribution in [3.8, 4) is 0 Å². The Morgan fingerprint density at radius 2 is 1.34 bits per heavy atom. The number of halogens is 2. The van der Waals surface area contributed by atoms with Gasteiger partial charge in [0.1, 0.15) is 0 Å². The molecule has 3 aliphatic carbocycles. The van der Waals surface area contributed by atoms with E-state index in [2.05, 4.69) is 19.1 Å². The van der Waals surface area contributed by atoms with Crippen molar-refractivity contribution in [1.29, 1.82) is 0 Å². The standard InChI is InChI=1S/C27H38F2/c1-3-19-5-7-20(8-6-19)21-9-11-22(12-10-21)23-13-15-24(16-14-23)25-17-4-18(2)26(28)27(25)29/h4-5,7,17,19-24H,3,6,8-16H2,1-2H3. The zero-order chi connectivity index (χ0) is 20.4. The van der Waals surface area contributed by atoms with Gasteiger partial charge in [0.25, 0.3) is 0 Å². The molecule has 2 fully saturated rings. The molecule has 0 amide bonds. The van der Waals surface area contributed by atoms with Crippen LogP contribution in [0.4, 0.5) is 8.78 Å². The van der Waals surface area contributed by atoms with Crippen LogP contribution >= 0.6 is 0 Å². The summed E-state index contributed by atoms with van der Waals surface area (Å²) in [6.45, 7) is 3.94. The van der Waals surface area contributed by atoms with Crippen LogP contribution in [-0.2, 0) is 0 Å². The maximum atomic E-state index is 14.4. The van der Waals surface area contributed by atoms with Gasteiger partial charge in [0.05, 0.1) is 0 Å². The van der Waals surface area contributed by atoms with Gasteiger partial charge in [-0.15, -0.1) is 0 Å². The van der Waals surface area contributed by atoms with E-state index in [1.54, 1.807) is 13.0 Å². The smallest absolute Gasteiger partial charge is 0.162 e. The minimum Gasteiger partial charge on any atom is -0.203 e. The molecule has 4 rings (SSSR count). The molecule has 2 heteroatoms. The van der Waals surface area contributed by atoms with Gasteiger partial charge in [0.15, 0.2) is 11.6 Å². The predicted molar refractivity (Wildman–Crippen MR) is 117 cm³/mol. The third kappa shape index (κ3) is 4.62. The minimum absolute atomic E-state index is 0.205. The van der Waals surface area contributed by atoms with E-state index in [-0.39, 0.29) is 5.92 Å². The fraction of sp³-hybridized carbons (Fsp3) is 0.704. The molecule has 160 valence electrons. The Morgan fingerprint density at radius 3 is 1.93 bits per heavy atom. The third-order valence-electron chi connectivity index (χ3n) is 8.63. The molecular formula is C27H38F2. The van der Waals surface area contributed by atoms with Crippen LogP contribution in [-0.4, -0.2) is 0 Å². The highest BCUT2D eigenvalue weighted by atomic mass is 19.2. The topological polar surface area (TPSA) is 0 Å². The van der Waals surface area contributed by atoms with Gasteiger partial charge in [-0.3, -0.25) is 0 Å². The molecule has 0 radical (unpaired) electrons. The van der Waals surface area contributed by atoms with Crippen LogP contribution in [0, 0.1) is 48.1 Å². The van der Waals surface area contributed by atoms with Crippen LogP contribution in [0.25, 0.3) is 0 Å². The largest absolute Gasteiger partial charge is 0.203 e. The molecule has 2 saturated carbocycles. The summed E-state index contributed by atoms with van der Waals surface area (Å²) >= 11 is 0. The van der Waals surface area contributed by atoms with Crippen molar-refractivity contribution in [3.05, 3.63) is 47.0 Å². The fourth-order valence-electron chi connectivity index (χ4n) is 6.55. The first-order chi connectivity index (χ1) is 14.1. The molecule has 0 spiro atoms. The SMILES string of the molecule is CCC1C=CC(C2CCC(C3CCC(c4ccc(C)c(F)c4F)CC3)CC2)CC1. The highest BCUT2D eigenvalue weighted by Crippen LogP contribution is 2.46. The molecule has 0 aliphatic heterocycles. The molecule has 0 aromatic heterocycles. The molecule has 1 aromatic rings. The lowest BCUT2D eigenvalue weighted by Crippen LogP contribution is -2.28. The van der Waals surface area contributed by atoms with Crippen LogP contribution in [0.3, 0.4) is 0 Å². The van der Waals surface area contributed by atoms with Gasteiger partial charge in [-0.25, -0.2) is 8.78 Å².